The van der Waals surface area contributed by atoms with Crippen LogP contribution in [0.1, 0.15) is 34.5 Å². The van der Waals surface area contributed by atoms with Gasteiger partial charge in [0.15, 0.2) is 22.5 Å². The summed E-state index contributed by atoms with van der Waals surface area (Å²) in [6.45, 7) is 1.49. The van der Waals surface area contributed by atoms with Crippen molar-refractivity contribution >= 4 is 46.7 Å². The van der Waals surface area contributed by atoms with Crippen molar-refractivity contribution in [1.82, 2.24) is 19.9 Å². The summed E-state index contributed by atoms with van der Waals surface area (Å²) < 4.78 is 16.4. The lowest BCUT2D eigenvalue weighted by atomic mass is 9.90. The normalized spacial score (nSPS) is 16.7. The van der Waals surface area contributed by atoms with Crippen LogP contribution in [-0.2, 0) is 12.1 Å². The van der Waals surface area contributed by atoms with Crippen LogP contribution in [0.4, 0.5) is 14.9 Å². The minimum atomic E-state index is -1.43. The van der Waals surface area contributed by atoms with Crippen molar-refractivity contribution in [2.24, 2.45) is 4.99 Å². The Balaban J connectivity index is 1.75. The second-order valence-corrected chi connectivity index (χ2v) is 8.24. The van der Waals surface area contributed by atoms with Gasteiger partial charge in [-0.1, -0.05) is 23.2 Å². The first-order chi connectivity index (χ1) is 16.1. The SMILES string of the molecule is CC1(c2cc(NC(=O)c3ccc(Cl)cn3)ccc2F)Cn2c(nc(Cl)c2C#N)C(NC(=O)O)=N1. The number of benzene rings is 1. The van der Waals surface area contributed by atoms with Gasteiger partial charge in [0.1, 0.15) is 23.1 Å². The molecule has 1 atom stereocenters. The minimum absolute atomic E-state index is 0.0267. The summed E-state index contributed by atoms with van der Waals surface area (Å²) in [5.74, 6) is -1.38. The summed E-state index contributed by atoms with van der Waals surface area (Å²) in [6.07, 6.45) is -0.105. The smallest absolute Gasteiger partial charge is 0.410 e. The van der Waals surface area contributed by atoms with Gasteiger partial charge in [-0.15, -0.1) is 0 Å². The molecule has 1 aliphatic rings. The van der Waals surface area contributed by atoms with Gasteiger partial charge in [-0.05, 0) is 37.3 Å². The van der Waals surface area contributed by atoms with Gasteiger partial charge in [0, 0.05) is 17.4 Å². The molecule has 34 heavy (non-hydrogen) atoms. The average Bonchev–Trinajstić information content (AvgIpc) is 3.09. The van der Waals surface area contributed by atoms with Crippen molar-refractivity contribution in [1.29, 1.82) is 5.26 Å². The highest BCUT2D eigenvalue weighted by atomic mass is 35.5. The zero-order chi connectivity index (χ0) is 24.6. The molecule has 13 heteroatoms. The fourth-order valence-corrected chi connectivity index (χ4v) is 3.89. The summed E-state index contributed by atoms with van der Waals surface area (Å²) in [7, 11) is 0. The molecule has 0 bridgehead atoms. The Kier molecular flexibility index (Phi) is 5.95. The fourth-order valence-electron chi connectivity index (χ4n) is 3.56. The summed E-state index contributed by atoms with van der Waals surface area (Å²) >= 11 is 11.8. The van der Waals surface area contributed by atoms with E-state index in [0.717, 1.165) is 6.07 Å². The van der Waals surface area contributed by atoms with Gasteiger partial charge in [0.2, 0.25) is 0 Å². The number of rotatable bonds is 3. The third-order valence-electron chi connectivity index (χ3n) is 5.06. The van der Waals surface area contributed by atoms with Crippen LogP contribution < -0.4 is 10.6 Å². The number of imidazole rings is 1. The fraction of sp³-hybridized carbons (Fsp3) is 0.143. The van der Waals surface area contributed by atoms with Crippen LogP contribution in [0.25, 0.3) is 0 Å². The molecule has 1 unspecified atom stereocenters. The lowest BCUT2D eigenvalue weighted by Gasteiger charge is -2.32. The second-order valence-electron chi connectivity index (χ2n) is 7.45. The summed E-state index contributed by atoms with van der Waals surface area (Å²) in [5.41, 5.74) is -1.03. The number of aromatic nitrogens is 3. The molecule has 0 radical (unpaired) electrons. The third kappa shape index (κ3) is 4.28. The molecule has 2 amide bonds. The third-order valence-corrected chi connectivity index (χ3v) is 5.54. The van der Waals surface area contributed by atoms with Gasteiger partial charge in [0.25, 0.3) is 5.91 Å². The van der Waals surface area contributed by atoms with Crippen LogP contribution in [0.3, 0.4) is 0 Å². The van der Waals surface area contributed by atoms with Crippen molar-refractivity contribution in [2.45, 2.75) is 19.0 Å². The van der Waals surface area contributed by atoms with Crippen LogP contribution in [0.2, 0.25) is 10.2 Å². The van der Waals surface area contributed by atoms with Gasteiger partial charge < -0.3 is 15.0 Å². The molecule has 0 fully saturated rings. The van der Waals surface area contributed by atoms with Crippen LogP contribution in [0, 0.1) is 17.1 Å². The van der Waals surface area contributed by atoms with Gasteiger partial charge in [0.05, 0.1) is 11.6 Å². The number of carboxylic acid groups (broad SMARTS) is 1. The van der Waals surface area contributed by atoms with E-state index >= 15 is 0 Å². The van der Waals surface area contributed by atoms with Crippen molar-refractivity contribution < 1.29 is 19.1 Å². The number of carbonyl (C=O) groups is 2. The van der Waals surface area contributed by atoms with Gasteiger partial charge >= 0.3 is 6.09 Å². The molecule has 0 saturated heterocycles. The number of amides is 2. The Labute approximate surface area is 201 Å². The largest absolute Gasteiger partial charge is 0.465 e. The van der Waals surface area contributed by atoms with E-state index in [9.17, 15) is 24.3 Å². The molecule has 0 spiro atoms. The Morgan fingerprint density at radius 2 is 2.03 bits per heavy atom. The number of carbonyl (C=O) groups excluding carboxylic acids is 1. The summed E-state index contributed by atoms with van der Waals surface area (Å²) in [6, 6.07) is 8.74. The average molecular weight is 502 g/mol. The molecule has 2 aromatic heterocycles. The monoisotopic (exact) mass is 501 g/mol. The number of fused-ring (bicyclic) bond motifs is 1. The molecule has 1 aromatic carbocycles. The molecule has 3 aromatic rings. The van der Waals surface area contributed by atoms with E-state index in [2.05, 4.69) is 25.6 Å². The van der Waals surface area contributed by atoms with Crippen molar-refractivity contribution in [3.05, 3.63) is 75.3 Å². The van der Waals surface area contributed by atoms with Gasteiger partial charge in [-0.25, -0.2) is 19.2 Å². The van der Waals surface area contributed by atoms with Crippen molar-refractivity contribution in [2.75, 3.05) is 5.32 Å². The molecule has 3 N–H and O–H groups in total. The van der Waals surface area contributed by atoms with E-state index < -0.39 is 23.4 Å². The lowest BCUT2D eigenvalue weighted by molar-refractivity contribution is 0.102. The second kappa shape index (κ2) is 8.74. The zero-order valence-corrected chi connectivity index (χ0v) is 18.8. The van der Waals surface area contributed by atoms with E-state index in [-0.39, 0.29) is 46.0 Å². The molecule has 4 rings (SSSR count). The van der Waals surface area contributed by atoms with Gasteiger partial charge in [-0.2, -0.15) is 5.26 Å². The predicted octanol–water partition coefficient (Wildman–Crippen LogP) is 3.79. The summed E-state index contributed by atoms with van der Waals surface area (Å²) in [4.78, 5) is 36.2. The molecular weight excluding hydrogens is 488 g/mol. The van der Waals surface area contributed by atoms with Crippen LogP contribution in [0.15, 0.2) is 41.5 Å². The predicted molar refractivity (Wildman–Crippen MR) is 121 cm³/mol. The highest BCUT2D eigenvalue weighted by molar-refractivity contribution is 6.31. The van der Waals surface area contributed by atoms with E-state index in [1.165, 1.54) is 35.0 Å². The highest BCUT2D eigenvalue weighted by Gasteiger charge is 2.38. The highest BCUT2D eigenvalue weighted by Crippen LogP contribution is 2.36. The number of aliphatic imine (C=N–C) groups is 1. The number of anilines is 1. The van der Waals surface area contributed by atoms with E-state index in [4.69, 9.17) is 23.2 Å². The van der Waals surface area contributed by atoms with Crippen LogP contribution in [-0.4, -0.2) is 37.5 Å². The Hall–Kier alpha value is -4.01. The number of nitriles is 1. The molecular formula is C21H14Cl2FN7O3. The molecule has 172 valence electrons. The number of hydrogen-bond donors (Lipinski definition) is 3. The van der Waals surface area contributed by atoms with Gasteiger partial charge in [-0.3, -0.25) is 15.1 Å². The number of hydrogen-bond acceptors (Lipinski definition) is 6. The summed E-state index contributed by atoms with van der Waals surface area (Å²) in [5, 5.41) is 23.7. The number of pyridine rings is 1. The van der Waals surface area contributed by atoms with Crippen LogP contribution in [0.5, 0.6) is 0 Å². The Morgan fingerprint density at radius 3 is 2.68 bits per heavy atom. The number of nitrogens with zero attached hydrogens (tertiary/aromatic N) is 5. The molecule has 0 saturated carbocycles. The Bertz CT molecular complexity index is 1400. The molecule has 1 aliphatic heterocycles. The number of nitrogens with one attached hydrogen (secondary N) is 2. The standard InChI is InChI=1S/C21H14Cl2FN7O3/c1-21(9-31-15(7-25)16(23)28-18(31)17(30-21)29-20(33)34)12-6-11(3-4-13(12)24)27-19(32)14-5-2-10(22)8-26-14/h2-6,8H,9H2,1H3,(H,27,32)(H,29,30)(H,33,34). The zero-order valence-electron chi connectivity index (χ0n) is 17.3. The quantitative estimate of drug-likeness (QED) is 0.497. The Morgan fingerprint density at radius 1 is 1.26 bits per heavy atom. The van der Waals surface area contributed by atoms with Crippen LogP contribution >= 0.6 is 23.2 Å². The van der Waals surface area contributed by atoms with E-state index in [1.807, 2.05) is 6.07 Å². The topological polar surface area (TPSA) is 145 Å². The number of amidine groups is 1. The maximum absolute atomic E-state index is 15.0. The molecule has 3 heterocycles. The lowest BCUT2D eigenvalue weighted by Crippen LogP contribution is -2.42. The van der Waals surface area contributed by atoms with E-state index in [1.54, 1.807) is 6.92 Å². The van der Waals surface area contributed by atoms with Crippen molar-refractivity contribution in [3.63, 3.8) is 0 Å². The first-order valence-electron chi connectivity index (χ1n) is 9.60. The number of halogens is 3. The van der Waals surface area contributed by atoms with E-state index in [0.29, 0.717) is 5.02 Å². The minimum Gasteiger partial charge on any atom is -0.465 e. The first kappa shape index (κ1) is 23.2. The van der Waals surface area contributed by atoms with Crippen molar-refractivity contribution in [3.8, 4) is 6.07 Å². The maximum atomic E-state index is 15.0. The first-order valence-corrected chi connectivity index (χ1v) is 10.4. The maximum Gasteiger partial charge on any atom is 0.410 e. The molecule has 0 aliphatic carbocycles. The molecule has 10 nitrogen and oxygen atoms in total.